The van der Waals surface area contributed by atoms with E-state index >= 15 is 0 Å². The number of hydrogen-bond donors (Lipinski definition) is 2. The molecule has 2 unspecified atom stereocenters. The van der Waals surface area contributed by atoms with Gasteiger partial charge in [-0.25, -0.2) is 9.50 Å². The molecule has 218 valence electrons. The Balaban J connectivity index is 1.55. The van der Waals surface area contributed by atoms with Crippen LogP contribution in [0.4, 0.5) is 0 Å². The summed E-state index contributed by atoms with van der Waals surface area (Å²) in [5.41, 5.74) is 1.24. The van der Waals surface area contributed by atoms with Gasteiger partial charge in [0.05, 0.1) is 29.2 Å². The van der Waals surface area contributed by atoms with Gasteiger partial charge in [0.25, 0.3) is 10.6 Å². The molecule has 1 aliphatic heterocycles. The number of H-pyrrole nitrogens is 1. The summed E-state index contributed by atoms with van der Waals surface area (Å²) < 4.78 is 22.9. The molecule has 1 fully saturated rings. The predicted molar refractivity (Wildman–Crippen MR) is 148 cm³/mol. The highest BCUT2D eigenvalue weighted by atomic mass is 32.2. The molecule has 0 aliphatic carbocycles. The van der Waals surface area contributed by atoms with Gasteiger partial charge in [-0.3, -0.25) is 4.79 Å². The predicted octanol–water partition coefficient (Wildman–Crippen LogP) is 2.69. The third-order valence-electron chi connectivity index (χ3n) is 7.07. The van der Waals surface area contributed by atoms with E-state index in [1.54, 1.807) is 29.6 Å². The van der Waals surface area contributed by atoms with E-state index in [4.69, 9.17) is 9.84 Å². The van der Waals surface area contributed by atoms with Crippen LogP contribution < -0.4 is 10.3 Å². The Labute approximate surface area is 234 Å². The fraction of sp³-hybridized carbons (Fsp3) is 0.577. The van der Waals surface area contributed by atoms with Crippen LogP contribution in [0.5, 0.6) is 5.75 Å². The molecule has 14 heteroatoms. The van der Waals surface area contributed by atoms with Gasteiger partial charge in [-0.1, -0.05) is 6.92 Å². The molecule has 2 aromatic heterocycles. The third-order valence-corrected chi connectivity index (χ3v) is 8.56. The number of imidazole rings is 1. The second kappa shape index (κ2) is 13.4. The zero-order valence-corrected chi connectivity index (χ0v) is 23.8. The molecular formula is C26H36N6O7S. The third kappa shape index (κ3) is 6.74. The average molecular weight is 577 g/mol. The van der Waals surface area contributed by atoms with Crippen molar-refractivity contribution in [3.8, 4) is 17.1 Å². The standard InChI is InChI=1S/C26H36N6O7S/c1-4-6-23-27-17(3)24-26(34)28-25(29-31(23)24)21-14-20(7-8-22(21)38-5-2)40(37)30-11-9-18(10-12-30)13-19(15-33)16-39-32(35)36/h7-8,14,18-19,33H,4-6,9-13,15-16H2,1-3H3,(H,28,29,34). The van der Waals surface area contributed by atoms with Crippen molar-refractivity contribution >= 4 is 16.9 Å². The number of fused-ring (bicyclic) bond motifs is 1. The fourth-order valence-corrected chi connectivity index (χ4v) is 6.36. The molecule has 3 heterocycles. The lowest BCUT2D eigenvalue weighted by Crippen LogP contribution is -2.39. The number of aromatic amines is 1. The summed E-state index contributed by atoms with van der Waals surface area (Å²) in [6.07, 6.45) is 3.62. The Morgan fingerprint density at radius 1 is 1.30 bits per heavy atom. The van der Waals surface area contributed by atoms with Gasteiger partial charge in [-0.05, 0) is 57.6 Å². The van der Waals surface area contributed by atoms with Crippen LogP contribution in [-0.4, -0.2) is 71.5 Å². The highest BCUT2D eigenvalue weighted by Gasteiger charge is 2.31. The highest BCUT2D eigenvalue weighted by Crippen LogP contribution is 2.33. The largest absolute Gasteiger partial charge is 0.593 e. The van der Waals surface area contributed by atoms with Crippen molar-refractivity contribution in [2.24, 2.45) is 11.8 Å². The van der Waals surface area contributed by atoms with Gasteiger partial charge in [0.1, 0.15) is 18.2 Å². The van der Waals surface area contributed by atoms with Gasteiger partial charge in [0, 0.05) is 38.1 Å². The molecule has 40 heavy (non-hydrogen) atoms. The number of rotatable bonds is 13. The second-order valence-corrected chi connectivity index (χ2v) is 11.4. The summed E-state index contributed by atoms with van der Waals surface area (Å²) in [5.74, 6) is 1.46. The summed E-state index contributed by atoms with van der Waals surface area (Å²) in [7, 11) is 0. The number of benzene rings is 1. The maximum atomic E-state index is 13.6. The number of ether oxygens (including phenoxy) is 1. The first-order chi connectivity index (χ1) is 19.2. The molecule has 13 nitrogen and oxygen atoms in total. The van der Waals surface area contributed by atoms with Gasteiger partial charge in [-0.15, -0.1) is 19.5 Å². The minimum absolute atomic E-state index is 0.134. The lowest BCUT2D eigenvalue weighted by atomic mass is 9.88. The van der Waals surface area contributed by atoms with Crippen LogP contribution in [-0.2, 0) is 22.6 Å². The van der Waals surface area contributed by atoms with Crippen LogP contribution in [0.1, 0.15) is 51.0 Å². The number of hydrogen-bond acceptors (Lipinski definition) is 10. The van der Waals surface area contributed by atoms with Crippen molar-refractivity contribution in [1.29, 1.82) is 0 Å². The first-order valence-electron chi connectivity index (χ1n) is 13.6. The van der Waals surface area contributed by atoms with Crippen molar-refractivity contribution in [2.45, 2.75) is 57.8 Å². The normalized spacial score (nSPS) is 16.2. The highest BCUT2D eigenvalue weighted by molar-refractivity contribution is 7.89. The lowest BCUT2D eigenvalue weighted by molar-refractivity contribution is -0.759. The molecule has 0 saturated carbocycles. The van der Waals surface area contributed by atoms with Crippen LogP contribution in [0.2, 0.25) is 0 Å². The lowest BCUT2D eigenvalue weighted by Gasteiger charge is -2.33. The van der Waals surface area contributed by atoms with Crippen molar-refractivity contribution < 1.29 is 24.3 Å². The zero-order chi connectivity index (χ0) is 28.8. The van der Waals surface area contributed by atoms with E-state index in [2.05, 4.69) is 14.8 Å². The fourth-order valence-electron chi connectivity index (χ4n) is 5.12. The molecule has 3 aromatic rings. The molecule has 1 aliphatic rings. The maximum absolute atomic E-state index is 13.6. The first-order valence-corrected chi connectivity index (χ1v) is 14.7. The van der Waals surface area contributed by atoms with E-state index in [0.29, 0.717) is 71.6 Å². The van der Waals surface area contributed by atoms with Crippen molar-refractivity contribution in [1.82, 2.24) is 23.9 Å². The van der Waals surface area contributed by atoms with Crippen LogP contribution in [0.3, 0.4) is 0 Å². The summed E-state index contributed by atoms with van der Waals surface area (Å²) >= 11 is -1.47. The topological polar surface area (TPSA) is 171 Å². The molecule has 0 spiro atoms. The van der Waals surface area contributed by atoms with Crippen LogP contribution >= 0.6 is 0 Å². The molecule has 1 saturated heterocycles. The Hall–Kier alpha value is -3.20. The van der Waals surface area contributed by atoms with E-state index in [1.807, 2.05) is 18.2 Å². The average Bonchev–Trinajstić information content (AvgIpc) is 3.26. The quantitative estimate of drug-likeness (QED) is 0.175. The number of aromatic nitrogens is 4. The minimum atomic E-state index is -1.47. The van der Waals surface area contributed by atoms with Crippen LogP contribution in [0.15, 0.2) is 27.9 Å². The Morgan fingerprint density at radius 3 is 2.70 bits per heavy atom. The van der Waals surface area contributed by atoms with Crippen molar-refractivity contribution in [2.75, 3.05) is 32.9 Å². The molecule has 2 N–H and O–H groups in total. The molecular weight excluding hydrogens is 540 g/mol. The van der Waals surface area contributed by atoms with Gasteiger partial charge in [-0.2, -0.15) is 0 Å². The molecule has 0 bridgehead atoms. The number of nitrogens with zero attached hydrogens (tertiary/aromatic N) is 5. The molecule has 1 aromatic carbocycles. The number of piperidine rings is 1. The van der Waals surface area contributed by atoms with E-state index in [0.717, 1.165) is 19.3 Å². The van der Waals surface area contributed by atoms with E-state index < -0.39 is 16.4 Å². The van der Waals surface area contributed by atoms with Crippen molar-refractivity contribution in [3.05, 3.63) is 50.2 Å². The molecule has 2 atom stereocenters. The summed E-state index contributed by atoms with van der Waals surface area (Å²) in [5, 5.41) is 23.9. The summed E-state index contributed by atoms with van der Waals surface area (Å²) in [6, 6.07) is 5.25. The summed E-state index contributed by atoms with van der Waals surface area (Å²) in [6.45, 7) is 6.92. The molecule has 0 radical (unpaired) electrons. The number of aryl methyl sites for hydroxylation is 2. The Kier molecular flexibility index (Phi) is 10.0. The van der Waals surface area contributed by atoms with Gasteiger partial charge >= 0.3 is 0 Å². The summed E-state index contributed by atoms with van der Waals surface area (Å²) in [4.78, 5) is 35.9. The maximum Gasteiger partial charge on any atom is 0.294 e. The number of aliphatic hydroxyl groups excluding tert-OH is 1. The first kappa shape index (κ1) is 29.8. The van der Waals surface area contributed by atoms with Crippen LogP contribution in [0, 0.1) is 28.9 Å². The Morgan fingerprint density at radius 2 is 2.05 bits per heavy atom. The van der Waals surface area contributed by atoms with Gasteiger partial charge in [0.2, 0.25) is 0 Å². The zero-order valence-electron chi connectivity index (χ0n) is 23.0. The monoisotopic (exact) mass is 576 g/mol. The van der Waals surface area contributed by atoms with Gasteiger partial charge in [0.15, 0.2) is 16.2 Å². The van der Waals surface area contributed by atoms with Gasteiger partial charge < -0.3 is 24.2 Å². The number of aliphatic hydroxyl groups is 1. The second-order valence-electron chi connectivity index (χ2n) is 9.94. The molecule has 0 amide bonds. The van der Waals surface area contributed by atoms with Crippen LogP contribution in [0.25, 0.3) is 16.9 Å². The number of nitrogens with one attached hydrogen (secondary N) is 1. The van der Waals surface area contributed by atoms with Crippen molar-refractivity contribution in [3.63, 3.8) is 0 Å². The van der Waals surface area contributed by atoms with E-state index in [9.17, 15) is 24.6 Å². The minimum Gasteiger partial charge on any atom is -0.593 e. The Bertz CT molecular complexity index is 1370. The van der Waals surface area contributed by atoms with E-state index in [1.165, 1.54) is 0 Å². The smallest absolute Gasteiger partial charge is 0.294 e. The molecule has 4 rings (SSSR count). The van der Waals surface area contributed by atoms with E-state index in [-0.39, 0.29) is 30.6 Å². The SMILES string of the molecule is CCCc1nc(C)c2c(=O)[nH]c(-c3cc([S+]([O-])N4CCC(CC(CO)CO[N+](=O)[O-])CC4)ccc3OCC)nn12.